The van der Waals surface area contributed by atoms with Gasteiger partial charge in [-0.1, -0.05) is 11.2 Å². The maximum atomic E-state index is 14.7. The quantitative estimate of drug-likeness (QED) is 0.374. The number of nitrogens with one attached hydrogen (secondary N) is 1. The highest BCUT2D eigenvalue weighted by Gasteiger charge is 2.21. The summed E-state index contributed by atoms with van der Waals surface area (Å²) in [5.74, 6) is -0.777. The van der Waals surface area contributed by atoms with E-state index in [1.807, 2.05) is 0 Å². The summed E-state index contributed by atoms with van der Waals surface area (Å²) < 4.78 is 25.6. The van der Waals surface area contributed by atoms with Crippen LogP contribution in [0.4, 0.5) is 9.52 Å². The maximum Gasteiger partial charge on any atom is 0.296 e. The molecular weight excluding hydrogens is 475 g/mol. The van der Waals surface area contributed by atoms with Crippen LogP contribution in [0.2, 0.25) is 0 Å². The summed E-state index contributed by atoms with van der Waals surface area (Å²) in [6.07, 6.45) is 3.62. The molecule has 1 atom stereocenters. The van der Waals surface area contributed by atoms with Crippen molar-refractivity contribution in [3.8, 4) is 22.1 Å². The Hall–Kier alpha value is -4.03. The van der Waals surface area contributed by atoms with Crippen LogP contribution < -0.4 is 14.8 Å². The van der Waals surface area contributed by atoms with Crippen molar-refractivity contribution in [3.63, 3.8) is 0 Å². The lowest BCUT2D eigenvalue weighted by Crippen LogP contribution is -2.14. The van der Waals surface area contributed by atoms with Crippen molar-refractivity contribution >= 4 is 22.4 Å². The Labute approximate surface area is 203 Å². The molecular formula is C23H21FN6O4S. The number of ether oxygens (including phenoxy) is 2. The van der Waals surface area contributed by atoms with E-state index < -0.39 is 17.8 Å². The fourth-order valence-electron chi connectivity index (χ4n) is 3.16. The van der Waals surface area contributed by atoms with Gasteiger partial charge in [0.2, 0.25) is 5.13 Å². The number of rotatable bonds is 8. The summed E-state index contributed by atoms with van der Waals surface area (Å²) >= 11 is 1.02. The summed E-state index contributed by atoms with van der Waals surface area (Å²) in [6.45, 7) is 3.42. The number of halogens is 1. The molecule has 12 heteroatoms. The number of anilines is 1. The zero-order valence-electron chi connectivity index (χ0n) is 19.0. The van der Waals surface area contributed by atoms with Crippen LogP contribution >= 0.6 is 11.3 Å². The lowest BCUT2D eigenvalue weighted by atomic mass is 9.98. The number of hydrogen-bond acceptors (Lipinski definition) is 10. The number of aryl methyl sites for hydroxylation is 1. The Bertz CT molecular complexity index is 1350. The first-order valence-electron chi connectivity index (χ1n) is 10.4. The van der Waals surface area contributed by atoms with E-state index in [1.54, 1.807) is 26.0 Å². The number of nitrogens with zero attached hydrogens (tertiary/aromatic N) is 5. The molecule has 0 radical (unpaired) electrons. The van der Waals surface area contributed by atoms with Crippen LogP contribution in [0, 0.1) is 12.7 Å². The second kappa shape index (κ2) is 10.5. The second-order valence-corrected chi connectivity index (χ2v) is 8.35. The average Bonchev–Trinajstić information content (AvgIpc) is 3.29. The van der Waals surface area contributed by atoms with Crippen molar-refractivity contribution in [2.24, 2.45) is 0 Å². The normalized spacial score (nSPS) is 11.7. The summed E-state index contributed by atoms with van der Waals surface area (Å²) in [5.41, 5.74) is 2.24. The molecule has 180 valence electrons. The zero-order valence-corrected chi connectivity index (χ0v) is 19.8. The fraction of sp³-hybridized carbons (Fsp3) is 0.217. The van der Waals surface area contributed by atoms with Crippen LogP contribution in [0.25, 0.3) is 11.1 Å². The van der Waals surface area contributed by atoms with Gasteiger partial charge in [-0.15, -0.1) is 5.10 Å². The third-order valence-electron chi connectivity index (χ3n) is 4.87. The molecule has 0 aliphatic rings. The van der Waals surface area contributed by atoms with E-state index in [1.165, 1.54) is 37.8 Å². The standard InChI is InChI=1S/C23H21FN6O4S/c1-12-7-15(20-17(24)5-4-6-19(20)33-3)16(9-25-12)21(32)28-22-29-30-23(35-22)34-11-14-8-27-18(10-26-14)13(2)31/h4-10,13,31H,11H2,1-3H3,(H,28,29,32). The molecule has 0 bridgehead atoms. The maximum absolute atomic E-state index is 14.7. The molecule has 3 aromatic heterocycles. The molecule has 0 spiro atoms. The van der Waals surface area contributed by atoms with Crippen molar-refractivity contribution in [1.82, 2.24) is 25.1 Å². The molecule has 3 heterocycles. The topological polar surface area (TPSA) is 132 Å². The smallest absolute Gasteiger partial charge is 0.296 e. The molecule has 35 heavy (non-hydrogen) atoms. The van der Waals surface area contributed by atoms with Gasteiger partial charge in [0.1, 0.15) is 18.2 Å². The molecule has 2 N–H and O–H groups in total. The largest absolute Gasteiger partial charge is 0.496 e. The minimum Gasteiger partial charge on any atom is -0.496 e. The molecule has 4 aromatic rings. The highest BCUT2D eigenvalue weighted by molar-refractivity contribution is 7.17. The first-order valence-corrected chi connectivity index (χ1v) is 11.2. The molecule has 10 nitrogen and oxygen atoms in total. The average molecular weight is 497 g/mol. The number of pyridine rings is 1. The Morgan fingerprint density at radius 1 is 1.20 bits per heavy atom. The predicted octanol–water partition coefficient (Wildman–Crippen LogP) is 3.73. The number of hydrogen-bond donors (Lipinski definition) is 2. The molecule has 1 aromatic carbocycles. The third-order valence-corrected chi connectivity index (χ3v) is 5.62. The molecule has 1 amide bonds. The van der Waals surface area contributed by atoms with Gasteiger partial charge in [-0.3, -0.25) is 25.1 Å². The van der Waals surface area contributed by atoms with Crippen molar-refractivity contribution in [2.45, 2.75) is 26.6 Å². The van der Waals surface area contributed by atoms with Gasteiger partial charge in [0.05, 0.1) is 48.1 Å². The van der Waals surface area contributed by atoms with Gasteiger partial charge in [0, 0.05) is 17.5 Å². The summed E-state index contributed by atoms with van der Waals surface area (Å²) in [6, 6.07) is 6.06. The molecule has 0 fully saturated rings. The van der Waals surface area contributed by atoms with Crippen molar-refractivity contribution in [1.29, 1.82) is 0 Å². The van der Waals surface area contributed by atoms with Gasteiger partial charge in [-0.05, 0) is 43.4 Å². The third kappa shape index (κ3) is 5.55. The van der Waals surface area contributed by atoms with Crippen LogP contribution in [0.1, 0.15) is 40.5 Å². The SMILES string of the molecule is COc1cccc(F)c1-c1cc(C)ncc1C(=O)Nc1nnc(OCc2cnc(C(C)O)cn2)s1. The van der Waals surface area contributed by atoms with E-state index in [0.717, 1.165) is 11.3 Å². The number of aliphatic hydroxyl groups is 1. The predicted molar refractivity (Wildman–Crippen MR) is 126 cm³/mol. The van der Waals surface area contributed by atoms with Crippen LogP contribution in [0.5, 0.6) is 10.9 Å². The molecule has 0 aliphatic carbocycles. The number of carbonyl (C=O) groups is 1. The fourth-order valence-corrected chi connectivity index (χ4v) is 3.75. The van der Waals surface area contributed by atoms with Crippen LogP contribution in [0.15, 0.2) is 42.9 Å². The molecule has 1 unspecified atom stereocenters. The number of methoxy groups -OCH3 is 1. The zero-order chi connectivity index (χ0) is 24.9. The summed E-state index contributed by atoms with van der Waals surface area (Å²) in [4.78, 5) is 25.5. The Morgan fingerprint density at radius 2 is 2.03 bits per heavy atom. The van der Waals surface area contributed by atoms with E-state index in [0.29, 0.717) is 28.4 Å². The number of carbonyl (C=O) groups excluding carboxylic acids is 1. The lowest BCUT2D eigenvalue weighted by molar-refractivity contribution is 0.102. The minimum absolute atomic E-state index is 0.0782. The molecule has 0 aliphatic heterocycles. The number of benzene rings is 1. The second-order valence-electron chi connectivity index (χ2n) is 7.41. The van der Waals surface area contributed by atoms with Crippen LogP contribution in [0.3, 0.4) is 0 Å². The number of amides is 1. The summed E-state index contributed by atoms with van der Waals surface area (Å²) in [5, 5.41) is 20.4. The Kier molecular flexibility index (Phi) is 7.22. The van der Waals surface area contributed by atoms with Crippen LogP contribution in [-0.4, -0.2) is 43.3 Å². The van der Waals surface area contributed by atoms with Crippen molar-refractivity contribution < 1.29 is 23.8 Å². The minimum atomic E-state index is -0.712. The van der Waals surface area contributed by atoms with E-state index >= 15 is 0 Å². The number of aliphatic hydroxyl groups excluding tert-OH is 1. The number of aromatic nitrogens is 5. The van der Waals surface area contributed by atoms with Gasteiger partial charge < -0.3 is 14.6 Å². The molecule has 4 rings (SSSR count). The highest BCUT2D eigenvalue weighted by atomic mass is 32.1. The first-order chi connectivity index (χ1) is 16.9. The van der Waals surface area contributed by atoms with E-state index in [4.69, 9.17) is 9.47 Å². The van der Waals surface area contributed by atoms with Crippen molar-refractivity contribution in [3.05, 3.63) is 71.3 Å². The van der Waals surface area contributed by atoms with Gasteiger partial charge >= 0.3 is 0 Å². The molecule has 0 saturated heterocycles. The summed E-state index contributed by atoms with van der Waals surface area (Å²) in [7, 11) is 1.43. The van der Waals surface area contributed by atoms with E-state index in [9.17, 15) is 14.3 Å². The van der Waals surface area contributed by atoms with E-state index in [2.05, 4.69) is 30.5 Å². The van der Waals surface area contributed by atoms with Gasteiger partial charge in [0.15, 0.2) is 0 Å². The van der Waals surface area contributed by atoms with Gasteiger partial charge in [-0.2, -0.15) is 0 Å². The Balaban J connectivity index is 1.50. The van der Waals surface area contributed by atoms with Gasteiger partial charge in [-0.25, -0.2) is 4.39 Å². The lowest BCUT2D eigenvalue weighted by Gasteiger charge is -2.14. The van der Waals surface area contributed by atoms with Gasteiger partial charge in [0.25, 0.3) is 11.1 Å². The van der Waals surface area contributed by atoms with Crippen molar-refractivity contribution in [2.75, 3.05) is 12.4 Å². The monoisotopic (exact) mass is 496 g/mol. The molecule has 0 saturated carbocycles. The first kappa shape index (κ1) is 24.1. The van der Waals surface area contributed by atoms with Crippen LogP contribution in [-0.2, 0) is 6.61 Å². The van der Waals surface area contributed by atoms with E-state index in [-0.39, 0.29) is 28.1 Å². The Morgan fingerprint density at radius 3 is 2.74 bits per heavy atom. The highest BCUT2D eigenvalue weighted by Crippen LogP contribution is 2.35.